The fourth-order valence-electron chi connectivity index (χ4n) is 4.27. The highest BCUT2D eigenvalue weighted by molar-refractivity contribution is 6.11. The van der Waals surface area contributed by atoms with E-state index >= 15 is 0 Å². The first kappa shape index (κ1) is 18.4. The lowest BCUT2D eigenvalue weighted by atomic mass is 9.90. The van der Waals surface area contributed by atoms with Gasteiger partial charge in [-0.25, -0.2) is 4.79 Å². The molecule has 1 saturated carbocycles. The Hall–Kier alpha value is -2.44. The summed E-state index contributed by atoms with van der Waals surface area (Å²) in [4.78, 5) is 53.7. The minimum atomic E-state index is -0.848. The number of amides is 3. The summed E-state index contributed by atoms with van der Waals surface area (Å²) in [7, 11) is 0. The van der Waals surface area contributed by atoms with Crippen LogP contribution in [0.25, 0.3) is 0 Å². The Morgan fingerprint density at radius 1 is 1.08 bits per heavy atom. The largest absolute Gasteiger partial charge is 0.355 e. The maximum absolute atomic E-state index is 12.9. The Morgan fingerprint density at radius 2 is 1.69 bits per heavy atom. The van der Waals surface area contributed by atoms with Crippen LogP contribution in [0.3, 0.4) is 0 Å². The fourth-order valence-corrected chi connectivity index (χ4v) is 4.27. The van der Waals surface area contributed by atoms with Gasteiger partial charge in [0.25, 0.3) is 5.91 Å². The van der Waals surface area contributed by atoms with Crippen LogP contribution in [0.4, 0.5) is 4.79 Å². The van der Waals surface area contributed by atoms with Crippen molar-refractivity contribution < 1.29 is 19.2 Å². The monoisotopic (exact) mass is 359 g/mol. The SMILES string of the molecule is CC(=O)c1c(C)[nH]c(C(=O)CN2C(=O)NC3(CCCCCC3)C2=O)c1C. The van der Waals surface area contributed by atoms with E-state index in [1.165, 1.54) is 6.92 Å². The number of nitrogens with one attached hydrogen (secondary N) is 2. The minimum absolute atomic E-state index is 0.122. The molecule has 0 unspecified atom stereocenters. The van der Waals surface area contributed by atoms with Crippen molar-refractivity contribution in [1.82, 2.24) is 15.2 Å². The van der Waals surface area contributed by atoms with Crippen molar-refractivity contribution in [3.05, 3.63) is 22.5 Å². The maximum atomic E-state index is 12.9. The second kappa shape index (κ2) is 6.70. The maximum Gasteiger partial charge on any atom is 0.325 e. The van der Waals surface area contributed by atoms with Crippen LogP contribution in [-0.4, -0.2) is 45.5 Å². The molecule has 2 aliphatic rings. The number of urea groups is 1. The molecule has 26 heavy (non-hydrogen) atoms. The van der Waals surface area contributed by atoms with E-state index in [2.05, 4.69) is 10.3 Å². The van der Waals surface area contributed by atoms with Crippen LogP contribution in [-0.2, 0) is 4.79 Å². The summed E-state index contributed by atoms with van der Waals surface area (Å²) in [5, 5.41) is 2.84. The third kappa shape index (κ3) is 2.95. The van der Waals surface area contributed by atoms with Gasteiger partial charge >= 0.3 is 6.03 Å². The smallest absolute Gasteiger partial charge is 0.325 e. The third-order valence-electron chi connectivity index (χ3n) is 5.57. The minimum Gasteiger partial charge on any atom is -0.355 e. The second-order valence-corrected chi connectivity index (χ2v) is 7.42. The molecule has 0 aromatic carbocycles. The zero-order valence-electron chi connectivity index (χ0n) is 15.5. The Bertz CT molecular complexity index is 785. The molecule has 1 aliphatic heterocycles. The molecule has 0 bridgehead atoms. The number of imide groups is 1. The summed E-state index contributed by atoms with van der Waals surface area (Å²) in [6.45, 7) is 4.57. The molecule has 1 saturated heterocycles. The first-order chi connectivity index (χ1) is 12.3. The van der Waals surface area contributed by atoms with Crippen molar-refractivity contribution in [2.75, 3.05) is 6.54 Å². The van der Waals surface area contributed by atoms with Crippen molar-refractivity contribution in [1.29, 1.82) is 0 Å². The van der Waals surface area contributed by atoms with E-state index in [9.17, 15) is 19.2 Å². The van der Waals surface area contributed by atoms with Gasteiger partial charge in [0.15, 0.2) is 11.6 Å². The number of Topliss-reactive ketones (excluding diaryl/α,β-unsaturated/α-hetero) is 2. The Morgan fingerprint density at radius 3 is 2.23 bits per heavy atom. The molecule has 2 N–H and O–H groups in total. The Labute approximate surface area is 152 Å². The summed E-state index contributed by atoms with van der Waals surface area (Å²) in [6, 6.07) is -0.502. The van der Waals surface area contributed by atoms with Crippen molar-refractivity contribution in [2.45, 2.75) is 64.8 Å². The van der Waals surface area contributed by atoms with E-state index in [0.717, 1.165) is 30.6 Å². The number of hydrogen-bond donors (Lipinski definition) is 2. The average Bonchev–Trinajstić information content (AvgIpc) is 2.87. The van der Waals surface area contributed by atoms with Gasteiger partial charge in [0.2, 0.25) is 0 Å². The molecular weight excluding hydrogens is 334 g/mol. The van der Waals surface area contributed by atoms with Crippen molar-refractivity contribution in [3.8, 4) is 0 Å². The third-order valence-corrected chi connectivity index (χ3v) is 5.57. The first-order valence-corrected chi connectivity index (χ1v) is 9.14. The number of carbonyl (C=O) groups is 4. The Balaban J connectivity index is 1.82. The number of aromatic nitrogens is 1. The fraction of sp³-hybridized carbons (Fsp3) is 0.579. The molecule has 3 amide bonds. The number of aromatic amines is 1. The molecule has 7 nitrogen and oxygen atoms in total. The van der Waals surface area contributed by atoms with Gasteiger partial charge in [0, 0.05) is 11.3 Å². The van der Waals surface area contributed by atoms with Crippen LogP contribution in [0.2, 0.25) is 0 Å². The Kier molecular flexibility index (Phi) is 4.73. The van der Waals surface area contributed by atoms with Gasteiger partial charge in [-0.05, 0) is 39.2 Å². The highest BCUT2D eigenvalue weighted by atomic mass is 16.2. The van der Waals surface area contributed by atoms with E-state index in [4.69, 9.17) is 0 Å². The number of hydrogen-bond acceptors (Lipinski definition) is 4. The predicted molar refractivity (Wildman–Crippen MR) is 95.3 cm³/mol. The molecule has 0 radical (unpaired) electrons. The number of nitrogens with zero attached hydrogens (tertiary/aromatic N) is 1. The van der Waals surface area contributed by atoms with Crippen LogP contribution in [0.15, 0.2) is 0 Å². The van der Waals surface area contributed by atoms with Crippen LogP contribution in [0.1, 0.15) is 77.6 Å². The molecule has 3 rings (SSSR count). The lowest BCUT2D eigenvalue weighted by Crippen LogP contribution is -2.46. The lowest BCUT2D eigenvalue weighted by Gasteiger charge is -2.24. The van der Waals surface area contributed by atoms with Gasteiger partial charge in [-0.2, -0.15) is 0 Å². The van der Waals surface area contributed by atoms with E-state index in [-0.39, 0.29) is 29.7 Å². The second-order valence-electron chi connectivity index (χ2n) is 7.42. The summed E-state index contributed by atoms with van der Waals surface area (Å²) in [6.07, 6.45) is 5.14. The summed E-state index contributed by atoms with van der Waals surface area (Å²) in [5.41, 5.74) is 1.12. The van der Waals surface area contributed by atoms with E-state index in [1.807, 2.05) is 0 Å². The molecule has 2 heterocycles. The van der Waals surface area contributed by atoms with E-state index < -0.39 is 11.6 Å². The summed E-state index contributed by atoms with van der Waals surface area (Å²) >= 11 is 0. The van der Waals surface area contributed by atoms with Crippen molar-refractivity contribution in [3.63, 3.8) is 0 Å². The summed E-state index contributed by atoms with van der Waals surface area (Å²) in [5.74, 6) is -0.791. The molecule has 2 fully saturated rings. The predicted octanol–water partition coefficient (Wildman–Crippen LogP) is 2.66. The number of H-pyrrole nitrogens is 1. The zero-order valence-corrected chi connectivity index (χ0v) is 15.5. The zero-order chi connectivity index (χ0) is 19.1. The molecule has 1 spiro atoms. The van der Waals surface area contributed by atoms with Crippen LogP contribution < -0.4 is 5.32 Å². The van der Waals surface area contributed by atoms with E-state index in [0.29, 0.717) is 29.7 Å². The van der Waals surface area contributed by atoms with Crippen molar-refractivity contribution in [2.24, 2.45) is 0 Å². The van der Waals surface area contributed by atoms with Gasteiger partial charge in [-0.1, -0.05) is 25.7 Å². The van der Waals surface area contributed by atoms with E-state index in [1.54, 1.807) is 13.8 Å². The molecule has 1 aliphatic carbocycles. The first-order valence-electron chi connectivity index (χ1n) is 9.14. The topological polar surface area (TPSA) is 99.3 Å². The van der Waals surface area contributed by atoms with Gasteiger partial charge in [-0.3, -0.25) is 19.3 Å². The highest BCUT2D eigenvalue weighted by Crippen LogP contribution is 2.33. The average molecular weight is 359 g/mol. The molecular formula is C19H25N3O4. The quantitative estimate of drug-likeness (QED) is 0.638. The highest BCUT2D eigenvalue weighted by Gasteiger charge is 2.51. The lowest BCUT2D eigenvalue weighted by molar-refractivity contribution is -0.131. The van der Waals surface area contributed by atoms with Gasteiger partial charge in [0.05, 0.1) is 12.2 Å². The molecule has 0 atom stereocenters. The number of rotatable bonds is 4. The molecule has 1 aromatic rings. The van der Waals surface area contributed by atoms with Gasteiger partial charge < -0.3 is 10.3 Å². The standard InChI is InChI=1S/C19H25N3O4/c1-11-15(13(3)23)12(2)20-16(11)14(24)10-22-17(25)19(21-18(22)26)8-6-4-5-7-9-19/h20H,4-10H2,1-3H3,(H,21,26). The van der Waals surface area contributed by atoms with Crippen molar-refractivity contribution >= 4 is 23.5 Å². The molecule has 140 valence electrons. The number of aryl methyl sites for hydroxylation is 1. The number of ketones is 2. The summed E-state index contributed by atoms with van der Waals surface area (Å²) < 4.78 is 0. The van der Waals surface area contributed by atoms with Gasteiger partial charge in [0.1, 0.15) is 5.54 Å². The number of carbonyl (C=O) groups excluding carboxylic acids is 4. The van der Waals surface area contributed by atoms with Crippen LogP contribution in [0.5, 0.6) is 0 Å². The molecule has 1 aromatic heterocycles. The van der Waals surface area contributed by atoms with Crippen LogP contribution >= 0.6 is 0 Å². The van der Waals surface area contributed by atoms with Gasteiger partial charge in [-0.15, -0.1) is 0 Å². The normalized spacial score (nSPS) is 19.6. The molecule has 7 heteroatoms. The van der Waals surface area contributed by atoms with Crippen LogP contribution in [0, 0.1) is 13.8 Å².